The predicted octanol–water partition coefficient (Wildman–Crippen LogP) is 8.16. The number of nitrogens with zero attached hydrogens (tertiary/aromatic N) is 1. The van der Waals surface area contributed by atoms with Gasteiger partial charge in [0, 0.05) is 29.6 Å². The molecule has 2 aliphatic rings. The molecule has 1 atom stereocenters. The fourth-order valence-electron chi connectivity index (χ4n) is 5.89. The lowest BCUT2D eigenvalue weighted by Crippen LogP contribution is -2.36. The van der Waals surface area contributed by atoms with E-state index in [9.17, 15) is 9.90 Å². The van der Waals surface area contributed by atoms with Crippen molar-refractivity contribution >= 4 is 22.9 Å². The zero-order valence-electron chi connectivity index (χ0n) is 20.7. The Morgan fingerprint density at radius 3 is 2.31 bits per heavy atom. The number of carboxylic acids is 1. The molecule has 1 aromatic heterocycles. The van der Waals surface area contributed by atoms with Crippen LogP contribution in [-0.2, 0) is 0 Å². The summed E-state index contributed by atoms with van der Waals surface area (Å²) in [7, 11) is 0. The molecule has 4 heteroatoms. The van der Waals surface area contributed by atoms with Crippen LogP contribution in [0.15, 0.2) is 72.3 Å². The molecule has 2 heterocycles. The van der Waals surface area contributed by atoms with Gasteiger partial charge in [-0.1, -0.05) is 80.4 Å². The highest BCUT2D eigenvalue weighted by Crippen LogP contribution is 2.44. The summed E-state index contributed by atoms with van der Waals surface area (Å²) in [5, 5.41) is 10.2. The Hall–Kier alpha value is -2.69. The minimum absolute atomic E-state index is 0.344. The van der Waals surface area contributed by atoms with Crippen LogP contribution in [-0.4, -0.2) is 29.1 Å². The van der Waals surface area contributed by atoms with Crippen LogP contribution >= 0.6 is 11.3 Å². The summed E-state index contributed by atoms with van der Waals surface area (Å²) in [5.41, 5.74) is 6.19. The van der Waals surface area contributed by atoms with Crippen LogP contribution in [0, 0.1) is 11.8 Å². The fraction of sp³-hybridized carbons (Fsp3) is 0.387. The van der Waals surface area contributed by atoms with Crippen LogP contribution in [0.4, 0.5) is 0 Å². The second kappa shape index (κ2) is 10.5. The first-order valence-electron chi connectivity index (χ1n) is 12.9. The summed E-state index contributed by atoms with van der Waals surface area (Å²) in [6.07, 6.45) is 5.86. The van der Waals surface area contributed by atoms with Crippen LogP contribution in [0.25, 0.3) is 16.0 Å². The lowest BCUT2D eigenvalue weighted by molar-refractivity contribution is 0.0701. The number of rotatable bonds is 6. The number of hydrogen-bond acceptors (Lipinski definition) is 3. The third-order valence-electron chi connectivity index (χ3n) is 8.06. The van der Waals surface area contributed by atoms with E-state index < -0.39 is 5.97 Å². The van der Waals surface area contributed by atoms with Crippen molar-refractivity contribution in [3.8, 4) is 10.4 Å². The second-order valence-electron chi connectivity index (χ2n) is 10.3. The maximum atomic E-state index is 12.4. The summed E-state index contributed by atoms with van der Waals surface area (Å²) >= 11 is 1.42. The van der Waals surface area contributed by atoms with E-state index in [2.05, 4.69) is 67.3 Å². The highest BCUT2D eigenvalue weighted by Gasteiger charge is 2.32. The Balaban J connectivity index is 1.55. The monoisotopic (exact) mass is 485 g/mol. The van der Waals surface area contributed by atoms with Gasteiger partial charge >= 0.3 is 5.97 Å². The summed E-state index contributed by atoms with van der Waals surface area (Å²) in [6.45, 7) is 6.55. The number of benzene rings is 2. The van der Waals surface area contributed by atoms with Crippen molar-refractivity contribution in [3.63, 3.8) is 0 Å². The minimum atomic E-state index is -0.809. The number of thiophene rings is 1. The number of hydrogen-bond donors (Lipinski definition) is 1. The standard InChI is InChI=1S/C31H35NO2S/c1-21-13-15-24(16-14-21)28-20-32(22(2)23-9-5-3-6-10-23)18-17-26(28)27-19-29(35-30(27)31(33)34)25-11-7-4-8-12-25/h3-12,19,21-22,24H,13-18,20H2,1-2H3,(H,33,34). The molecule has 1 saturated carbocycles. The smallest absolute Gasteiger partial charge is 0.346 e. The molecule has 5 rings (SSSR count). The van der Waals surface area contributed by atoms with Crippen molar-refractivity contribution in [2.24, 2.45) is 11.8 Å². The van der Waals surface area contributed by atoms with Crippen molar-refractivity contribution in [3.05, 3.63) is 88.3 Å². The van der Waals surface area contributed by atoms with Gasteiger partial charge in [-0.15, -0.1) is 11.3 Å². The Labute approximate surface area is 213 Å². The summed E-state index contributed by atoms with van der Waals surface area (Å²) < 4.78 is 0. The molecule has 1 fully saturated rings. The molecule has 3 nitrogen and oxygen atoms in total. The first-order chi connectivity index (χ1) is 17.0. The van der Waals surface area contributed by atoms with Gasteiger partial charge in [-0.25, -0.2) is 4.79 Å². The molecule has 3 aromatic rings. The van der Waals surface area contributed by atoms with Crippen LogP contribution < -0.4 is 0 Å². The molecule has 1 unspecified atom stereocenters. The van der Waals surface area contributed by atoms with Gasteiger partial charge in [0.2, 0.25) is 0 Å². The highest BCUT2D eigenvalue weighted by molar-refractivity contribution is 7.17. The topological polar surface area (TPSA) is 40.5 Å². The van der Waals surface area contributed by atoms with Crippen LogP contribution in [0.1, 0.15) is 72.8 Å². The van der Waals surface area contributed by atoms with Crippen molar-refractivity contribution in [2.75, 3.05) is 13.1 Å². The Morgan fingerprint density at radius 2 is 1.66 bits per heavy atom. The van der Waals surface area contributed by atoms with E-state index in [-0.39, 0.29) is 0 Å². The molecule has 0 saturated heterocycles. The average molecular weight is 486 g/mol. The fourth-order valence-corrected chi connectivity index (χ4v) is 6.92. The van der Waals surface area contributed by atoms with E-state index >= 15 is 0 Å². The molecule has 182 valence electrons. The molecule has 0 radical (unpaired) electrons. The largest absolute Gasteiger partial charge is 0.477 e. The summed E-state index contributed by atoms with van der Waals surface area (Å²) in [5.74, 6) is 0.531. The van der Waals surface area contributed by atoms with E-state index in [4.69, 9.17) is 0 Å². The van der Waals surface area contributed by atoms with Crippen molar-refractivity contribution < 1.29 is 9.90 Å². The van der Waals surface area contributed by atoms with E-state index in [1.807, 2.05) is 18.2 Å². The third kappa shape index (κ3) is 5.14. The molecule has 0 spiro atoms. The Morgan fingerprint density at radius 1 is 1.00 bits per heavy atom. The van der Waals surface area contributed by atoms with Gasteiger partial charge < -0.3 is 5.11 Å². The van der Waals surface area contributed by atoms with E-state index in [0.717, 1.165) is 41.4 Å². The van der Waals surface area contributed by atoms with Crippen molar-refractivity contribution in [2.45, 2.75) is 52.0 Å². The van der Waals surface area contributed by atoms with Crippen molar-refractivity contribution in [1.29, 1.82) is 0 Å². The zero-order chi connectivity index (χ0) is 24.4. The van der Waals surface area contributed by atoms with Gasteiger partial charge in [-0.05, 0) is 66.4 Å². The molecule has 0 bridgehead atoms. The number of aromatic carboxylic acids is 1. The highest BCUT2D eigenvalue weighted by atomic mass is 32.1. The minimum Gasteiger partial charge on any atom is -0.477 e. The molecular weight excluding hydrogens is 450 g/mol. The molecular formula is C31H35NO2S. The van der Waals surface area contributed by atoms with Gasteiger partial charge in [0.25, 0.3) is 0 Å². The first kappa shape index (κ1) is 24.0. The predicted molar refractivity (Wildman–Crippen MR) is 146 cm³/mol. The third-order valence-corrected chi connectivity index (χ3v) is 9.23. The lowest BCUT2D eigenvalue weighted by Gasteiger charge is -2.39. The Kier molecular flexibility index (Phi) is 7.22. The van der Waals surface area contributed by atoms with Gasteiger partial charge in [0.1, 0.15) is 4.88 Å². The van der Waals surface area contributed by atoms with Gasteiger partial charge in [0.15, 0.2) is 0 Å². The molecule has 1 N–H and O–H groups in total. The van der Waals surface area contributed by atoms with E-state index in [1.165, 1.54) is 53.7 Å². The van der Waals surface area contributed by atoms with Crippen LogP contribution in [0.3, 0.4) is 0 Å². The SMILES string of the molecule is CC1CCC(C2=C(c3cc(-c4ccccc4)sc3C(=O)O)CCN(C(C)c3ccccc3)C2)CC1. The van der Waals surface area contributed by atoms with E-state index in [0.29, 0.717) is 16.8 Å². The van der Waals surface area contributed by atoms with Gasteiger partial charge in [0.05, 0.1) is 0 Å². The summed E-state index contributed by atoms with van der Waals surface area (Å²) in [4.78, 5) is 16.5. The normalized spacial score (nSPS) is 22.2. The molecule has 1 aliphatic carbocycles. The summed E-state index contributed by atoms with van der Waals surface area (Å²) in [6, 6.07) is 23.4. The quantitative estimate of drug-likeness (QED) is 0.383. The van der Waals surface area contributed by atoms with Crippen LogP contribution in [0.5, 0.6) is 0 Å². The molecule has 2 aromatic carbocycles. The van der Waals surface area contributed by atoms with E-state index in [1.54, 1.807) is 0 Å². The van der Waals surface area contributed by atoms with Crippen molar-refractivity contribution in [1.82, 2.24) is 4.90 Å². The molecule has 35 heavy (non-hydrogen) atoms. The average Bonchev–Trinajstić information content (AvgIpc) is 3.35. The lowest BCUT2D eigenvalue weighted by atomic mass is 9.75. The molecule has 0 amide bonds. The van der Waals surface area contributed by atoms with Gasteiger partial charge in [-0.2, -0.15) is 0 Å². The maximum absolute atomic E-state index is 12.4. The van der Waals surface area contributed by atoms with Crippen LogP contribution in [0.2, 0.25) is 0 Å². The first-order valence-corrected chi connectivity index (χ1v) is 13.8. The van der Waals surface area contributed by atoms with Gasteiger partial charge in [-0.3, -0.25) is 4.90 Å². The maximum Gasteiger partial charge on any atom is 0.346 e. The Bertz CT molecular complexity index is 1190. The zero-order valence-corrected chi connectivity index (χ0v) is 21.6. The second-order valence-corrected chi connectivity index (χ2v) is 11.3. The molecule has 1 aliphatic heterocycles. The number of carboxylic acid groups (broad SMARTS) is 1. The number of carbonyl (C=O) groups is 1.